The standard InChI is InChI=1S/C18H17ClN2O4/c1-2-16(22)20-12-4-3-5-13(10-12)21-18(23)11-8-14(19)17-15(9-11)24-6-7-25-17/h3-5,8-10H,2,6-7H2,1H3,(H,20,22)(H,21,23). The van der Waals surface area contributed by atoms with Gasteiger partial charge in [-0.15, -0.1) is 0 Å². The monoisotopic (exact) mass is 360 g/mol. The topological polar surface area (TPSA) is 76.7 Å². The first-order valence-electron chi connectivity index (χ1n) is 7.87. The van der Waals surface area contributed by atoms with E-state index in [1.54, 1.807) is 37.3 Å². The van der Waals surface area contributed by atoms with Gasteiger partial charge in [0.1, 0.15) is 13.2 Å². The van der Waals surface area contributed by atoms with E-state index in [4.69, 9.17) is 21.1 Å². The highest BCUT2D eigenvalue weighted by Gasteiger charge is 2.19. The smallest absolute Gasteiger partial charge is 0.255 e. The van der Waals surface area contributed by atoms with Gasteiger partial charge in [-0.2, -0.15) is 0 Å². The summed E-state index contributed by atoms with van der Waals surface area (Å²) < 4.78 is 10.9. The summed E-state index contributed by atoms with van der Waals surface area (Å²) in [6, 6.07) is 10.1. The van der Waals surface area contributed by atoms with Gasteiger partial charge in [-0.1, -0.05) is 24.6 Å². The zero-order valence-electron chi connectivity index (χ0n) is 13.6. The molecule has 2 aromatic rings. The first-order valence-corrected chi connectivity index (χ1v) is 8.25. The summed E-state index contributed by atoms with van der Waals surface area (Å²) in [5.74, 6) is 0.474. The van der Waals surface area contributed by atoms with E-state index in [-0.39, 0.29) is 11.8 Å². The number of halogens is 1. The molecule has 0 bridgehead atoms. The average molecular weight is 361 g/mol. The minimum absolute atomic E-state index is 0.0953. The summed E-state index contributed by atoms with van der Waals surface area (Å²) in [4.78, 5) is 24.0. The van der Waals surface area contributed by atoms with Crippen LogP contribution in [0.3, 0.4) is 0 Å². The SMILES string of the molecule is CCC(=O)Nc1cccc(NC(=O)c2cc(Cl)c3c(c2)OCCO3)c1. The Kier molecular flexibility index (Phi) is 5.09. The van der Waals surface area contributed by atoms with Crippen molar-refractivity contribution in [3.8, 4) is 11.5 Å². The number of carbonyl (C=O) groups is 2. The Morgan fingerprint density at radius 2 is 1.80 bits per heavy atom. The number of nitrogens with one attached hydrogen (secondary N) is 2. The van der Waals surface area contributed by atoms with Gasteiger partial charge in [-0.25, -0.2) is 0 Å². The highest BCUT2D eigenvalue weighted by Crippen LogP contribution is 2.38. The van der Waals surface area contributed by atoms with Gasteiger partial charge in [-0.3, -0.25) is 9.59 Å². The molecule has 1 heterocycles. The van der Waals surface area contributed by atoms with Crippen molar-refractivity contribution in [3.63, 3.8) is 0 Å². The average Bonchev–Trinajstić information content (AvgIpc) is 2.62. The third-order valence-electron chi connectivity index (χ3n) is 3.58. The minimum atomic E-state index is -0.335. The van der Waals surface area contributed by atoms with Crippen LogP contribution in [0.15, 0.2) is 36.4 Å². The Hall–Kier alpha value is -2.73. The quantitative estimate of drug-likeness (QED) is 0.871. The Morgan fingerprint density at radius 1 is 1.08 bits per heavy atom. The number of hydrogen-bond acceptors (Lipinski definition) is 4. The summed E-state index contributed by atoms with van der Waals surface area (Å²) >= 11 is 6.16. The Morgan fingerprint density at radius 3 is 2.56 bits per heavy atom. The van der Waals surface area contributed by atoms with Crippen molar-refractivity contribution in [2.75, 3.05) is 23.8 Å². The molecule has 3 rings (SSSR count). The molecule has 0 aliphatic carbocycles. The number of ether oxygens (including phenoxy) is 2. The molecule has 2 N–H and O–H groups in total. The number of hydrogen-bond donors (Lipinski definition) is 2. The number of anilines is 2. The molecule has 130 valence electrons. The number of amides is 2. The van der Waals surface area contributed by atoms with Crippen molar-refractivity contribution >= 4 is 34.8 Å². The van der Waals surface area contributed by atoms with Crippen molar-refractivity contribution in [1.29, 1.82) is 0 Å². The van der Waals surface area contributed by atoms with E-state index in [1.807, 2.05) is 0 Å². The molecule has 2 aromatic carbocycles. The third-order valence-corrected chi connectivity index (χ3v) is 3.87. The van der Waals surface area contributed by atoms with E-state index in [9.17, 15) is 9.59 Å². The number of carbonyl (C=O) groups excluding carboxylic acids is 2. The molecule has 0 saturated heterocycles. The first-order chi connectivity index (χ1) is 12.1. The fourth-order valence-corrected chi connectivity index (χ4v) is 2.63. The summed E-state index contributed by atoms with van der Waals surface area (Å²) in [5, 5.41) is 5.85. The van der Waals surface area contributed by atoms with Gasteiger partial charge in [0.2, 0.25) is 5.91 Å². The van der Waals surface area contributed by atoms with E-state index in [1.165, 1.54) is 6.07 Å². The lowest BCUT2D eigenvalue weighted by molar-refractivity contribution is -0.115. The molecule has 0 spiro atoms. The molecule has 1 aliphatic heterocycles. The van der Waals surface area contributed by atoms with Crippen LogP contribution in [0.25, 0.3) is 0 Å². The van der Waals surface area contributed by atoms with Crippen LogP contribution in [0.1, 0.15) is 23.7 Å². The molecule has 6 nitrogen and oxygen atoms in total. The predicted octanol–water partition coefficient (Wildman–Crippen LogP) is 3.71. The normalized spacial score (nSPS) is 12.4. The van der Waals surface area contributed by atoms with Crippen molar-refractivity contribution in [3.05, 3.63) is 47.0 Å². The Bertz CT molecular complexity index is 823. The fraction of sp³-hybridized carbons (Fsp3) is 0.222. The molecule has 1 aliphatic rings. The van der Waals surface area contributed by atoms with Crippen LogP contribution in [0, 0.1) is 0 Å². The highest BCUT2D eigenvalue weighted by molar-refractivity contribution is 6.32. The Balaban J connectivity index is 1.77. The second-order valence-electron chi connectivity index (χ2n) is 5.42. The van der Waals surface area contributed by atoms with Crippen molar-refractivity contribution in [2.24, 2.45) is 0 Å². The van der Waals surface area contributed by atoms with Gasteiger partial charge in [-0.05, 0) is 30.3 Å². The van der Waals surface area contributed by atoms with Crippen LogP contribution in [0.2, 0.25) is 5.02 Å². The molecule has 0 saturated carbocycles. The van der Waals surface area contributed by atoms with Gasteiger partial charge in [0, 0.05) is 23.4 Å². The lowest BCUT2D eigenvalue weighted by atomic mass is 10.1. The lowest BCUT2D eigenvalue weighted by Gasteiger charge is -2.20. The molecular formula is C18H17ClN2O4. The predicted molar refractivity (Wildman–Crippen MR) is 95.8 cm³/mol. The molecule has 0 radical (unpaired) electrons. The molecule has 7 heteroatoms. The van der Waals surface area contributed by atoms with Crippen LogP contribution in [0.5, 0.6) is 11.5 Å². The lowest BCUT2D eigenvalue weighted by Crippen LogP contribution is -2.18. The summed E-state index contributed by atoms with van der Waals surface area (Å²) in [6.45, 7) is 2.61. The van der Waals surface area contributed by atoms with E-state index in [0.717, 1.165) is 0 Å². The molecule has 2 amide bonds. The molecule has 0 fully saturated rings. The maximum absolute atomic E-state index is 12.5. The van der Waals surface area contributed by atoms with Crippen LogP contribution >= 0.6 is 11.6 Å². The van der Waals surface area contributed by atoms with Crippen LogP contribution < -0.4 is 20.1 Å². The molecular weight excluding hydrogens is 344 g/mol. The largest absolute Gasteiger partial charge is 0.486 e. The first kappa shape index (κ1) is 17.1. The molecule has 0 atom stereocenters. The van der Waals surface area contributed by atoms with Gasteiger partial charge < -0.3 is 20.1 Å². The van der Waals surface area contributed by atoms with Gasteiger partial charge in [0.05, 0.1) is 5.02 Å². The van der Waals surface area contributed by atoms with E-state index >= 15 is 0 Å². The minimum Gasteiger partial charge on any atom is -0.486 e. The summed E-state index contributed by atoms with van der Waals surface area (Å²) in [7, 11) is 0. The maximum Gasteiger partial charge on any atom is 0.255 e. The zero-order chi connectivity index (χ0) is 17.8. The van der Waals surface area contributed by atoms with Crippen LogP contribution in [-0.4, -0.2) is 25.0 Å². The van der Waals surface area contributed by atoms with E-state index in [0.29, 0.717) is 53.1 Å². The van der Waals surface area contributed by atoms with E-state index in [2.05, 4.69) is 10.6 Å². The number of benzene rings is 2. The Labute approximate surface area is 150 Å². The third kappa shape index (κ3) is 4.03. The number of fused-ring (bicyclic) bond motifs is 1. The second-order valence-corrected chi connectivity index (χ2v) is 5.83. The van der Waals surface area contributed by atoms with Crippen LogP contribution in [0.4, 0.5) is 11.4 Å². The van der Waals surface area contributed by atoms with Crippen LogP contribution in [-0.2, 0) is 4.79 Å². The summed E-state index contributed by atoms with van der Waals surface area (Å²) in [6.07, 6.45) is 0.381. The highest BCUT2D eigenvalue weighted by atomic mass is 35.5. The molecule has 0 aromatic heterocycles. The van der Waals surface area contributed by atoms with Crippen molar-refractivity contribution in [2.45, 2.75) is 13.3 Å². The zero-order valence-corrected chi connectivity index (χ0v) is 14.4. The second kappa shape index (κ2) is 7.44. The maximum atomic E-state index is 12.5. The van der Waals surface area contributed by atoms with Crippen molar-refractivity contribution < 1.29 is 19.1 Å². The van der Waals surface area contributed by atoms with Gasteiger partial charge in [0.15, 0.2) is 11.5 Å². The number of rotatable bonds is 4. The van der Waals surface area contributed by atoms with Crippen molar-refractivity contribution in [1.82, 2.24) is 0 Å². The molecule has 0 unspecified atom stereocenters. The van der Waals surface area contributed by atoms with Gasteiger partial charge in [0.25, 0.3) is 5.91 Å². The van der Waals surface area contributed by atoms with Gasteiger partial charge >= 0.3 is 0 Å². The molecule has 25 heavy (non-hydrogen) atoms. The van der Waals surface area contributed by atoms with E-state index < -0.39 is 0 Å². The fourth-order valence-electron chi connectivity index (χ4n) is 2.37. The summed E-state index contributed by atoms with van der Waals surface area (Å²) in [5.41, 5.74) is 1.53.